The molecule has 0 saturated carbocycles. The predicted molar refractivity (Wildman–Crippen MR) is 72.8 cm³/mol. The van der Waals surface area contributed by atoms with Crippen LogP contribution in [0.2, 0.25) is 0 Å². The summed E-state index contributed by atoms with van der Waals surface area (Å²) in [5.74, 6) is -0.800. The van der Waals surface area contributed by atoms with Gasteiger partial charge in [-0.25, -0.2) is 4.39 Å². The second kappa shape index (κ2) is 5.95. The highest BCUT2D eigenvalue weighted by Crippen LogP contribution is 2.20. The summed E-state index contributed by atoms with van der Waals surface area (Å²) in [7, 11) is 0. The lowest BCUT2D eigenvalue weighted by molar-refractivity contribution is 0.102. The minimum Gasteiger partial charge on any atom is -0.382 e. The lowest BCUT2D eigenvalue weighted by atomic mass is 10.1. The summed E-state index contributed by atoms with van der Waals surface area (Å²) in [5, 5.41) is 5.56. The Balaban J connectivity index is 2.26. The van der Waals surface area contributed by atoms with Gasteiger partial charge in [-0.3, -0.25) is 9.78 Å². The monoisotopic (exact) mass is 259 g/mol. The highest BCUT2D eigenvalue weighted by Gasteiger charge is 2.14. The molecule has 2 rings (SSSR count). The third-order valence-corrected chi connectivity index (χ3v) is 2.55. The maximum atomic E-state index is 13.7. The van der Waals surface area contributed by atoms with Gasteiger partial charge in [0.25, 0.3) is 5.91 Å². The van der Waals surface area contributed by atoms with Gasteiger partial charge in [0.1, 0.15) is 5.82 Å². The van der Waals surface area contributed by atoms with Crippen LogP contribution in [-0.4, -0.2) is 17.4 Å². The Hall–Kier alpha value is -2.43. The first-order chi connectivity index (χ1) is 9.22. The highest BCUT2D eigenvalue weighted by molar-refractivity contribution is 6.08. The summed E-state index contributed by atoms with van der Waals surface area (Å²) in [6, 6.07) is 7.75. The van der Waals surface area contributed by atoms with Crippen LogP contribution in [-0.2, 0) is 0 Å². The molecule has 0 aliphatic rings. The average Bonchev–Trinajstić information content (AvgIpc) is 2.42. The molecule has 1 heterocycles. The number of para-hydroxylation sites is 1. The van der Waals surface area contributed by atoms with E-state index >= 15 is 0 Å². The number of anilines is 2. The molecule has 0 spiro atoms. The molecule has 2 aromatic rings. The van der Waals surface area contributed by atoms with E-state index in [4.69, 9.17) is 0 Å². The van der Waals surface area contributed by atoms with E-state index in [0.717, 1.165) is 0 Å². The smallest absolute Gasteiger partial charge is 0.257 e. The average molecular weight is 259 g/mol. The molecule has 1 aromatic heterocycles. The highest BCUT2D eigenvalue weighted by atomic mass is 19.1. The summed E-state index contributed by atoms with van der Waals surface area (Å²) in [5.41, 5.74) is 1.11. The van der Waals surface area contributed by atoms with E-state index in [1.54, 1.807) is 30.6 Å². The van der Waals surface area contributed by atoms with E-state index in [9.17, 15) is 9.18 Å². The summed E-state index contributed by atoms with van der Waals surface area (Å²) in [6.45, 7) is 2.38. The van der Waals surface area contributed by atoms with Gasteiger partial charge in [0.15, 0.2) is 0 Å². The van der Waals surface area contributed by atoms with E-state index in [2.05, 4.69) is 15.6 Å². The fraction of sp³-hybridized carbons (Fsp3) is 0.143. The Bertz CT molecular complexity index is 572. The molecule has 0 aliphatic carbocycles. The molecule has 0 saturated heterocycles. The Morgan fingerprint density at radius 1 is 1.26 bits per heavy atom. The van der Waals surface area contributed by atoms with Crippen LogP contribution in [0.5, 0.6) is 0 Å². The van der Waals surface area contributed by atoms with Crippen molar-refractivity contribution in [3.63, 3.8) is 0 Å². The predicted octanol–water partition coefficient (Wildman–Crippen LogP) is 2.90. The molecule has 0 atom stereocenters. The van der Waals surface area contributed by atoms with Gasteiger partial charge >= 0.3 is 0 Å². The summed E-state index contributed by atoms with van der Waals surface area (Å²) >= 11 is 0. The van der Waals surface area contributed by atoms with Gasteiger partial charge in [0.05, 0.1) is 11.3 Å². The van der Waals surface area contributed by atoms with Crippen LogP contribution < -0.4 is 10.6 Å². The number of hydrogen-bond acceptors (Lipinski definition) is 3. The molecule has 2 N–H and O–H groups in total. The fourth-order valence-corrected chi connectivity index (χ4v) is 1.70. The number of nitrogens with one attached hydrogen (secondary N) is 2. The molecule has 0 bridgehead atoms. The van der Waals surface area contributed by atoms with E-state index in [0.29, 0.717) is 12.2 Å². The molecule has 1 aromatic carbocycles. The van der Waals surface area contributed by atoms with Crippen LogP contribution in [0.1, 0.15) is 17.3 Å². The van der Waals surface area contributed by atoms with Crippen molar-refractivity contribution in [3.05, 3.63) is 54.1 Å². The lowest BCUT2D eigenvalue weighted by Gasteiger charge is -2.11. The molecule has 0 radical (unpaired) electrons. The molecule has 1 amide bonds. The molecule has 5 heteroatoms. The van der Waals surface area contributed by atoms with E-state index in [-0.39, 0.29) is 17.2 Å². The topological polar surface area (TPSA) is 54.0 Å². The number of halogens is 1. The van der Waals surface area contributed by atoms with Crippen molar-refractivity contribution >= 4 is 17.3 Å². The number of pyridine rings is 1. The SMILES string of the molecule is CCNc1c(F)cccc1C(=O)Nc1ccncc1. The zero-order chi connectivity index (χ0) is 13.7. The Kier molecular flexibility index (Phi) is 4.07. The van der Waals surface area contributed by atoms with Crippen molar-refractivity contribution in [1.29, 1.82) is 0 Å². The van der Waals surface area contributed by atoms with Gasteiger partial charge in [-0.2, -0.15) is 0 Å². The normalized spacial score (nSPS) is 10.0. The van der Waals surface area contributed by atoms with Gasteiger partial charge < -0.3 is 10.6 Å². The lowest BCUT2D eigenvalue weighted by Crippen LogP contribution is -2.15. The summed E-state index contributed by atoms with van der Waals surface area (Å²) < 4.78 is 13.7. The van der Waals surface area contributed by atoms with Crippen LogP contribution in [0, 0.1) is 5.82 Å². The number of amides is 1. The third-order valence-electron chi connectivity index (χ3n) is 2.55. The second-order valence-corrected chi connectivity index (χ2v) is 3.88. The minimum atomic E-state index is -0.441. The zero-order valence-electron chi connectivity index (χ0n) is 10.5. The van der Waals surface area contributed by atoms with Crippen molar-refractivity contribution in [2.75, 3.05) is 17.2 Å². The molecular weight excluding hydrogens is 245 g/mol. The number of benzene rings is 1. The van der Waals surface area contributed by atoms with E-state index < -0.39 is 5.82 Å². The first-order valence-electron chi connectivity index (χ1n) is 5.96. The fourth-order valence-electron chi connectivity index (χ4n) is 1.70. The zero-order valence-corrected chi connectivity index (χ0v) is 10.5. The van der Waals surface area contributed by atoms with Crippen molar-refractivity contribution in [1.82, 2.24) is 4.98 Å². The third kappa shape index (κ3) is 3.07. The number of carbonyl (C=O) groups excluding carboxylic acids is 1. The minimum absolute atomic E-state index is 0.219. The first kappa shape index (κ1) is 13.0. The number of aromatic nitrogens is 1. The van der Waals surface area contributed by atoms with Crippen LogP contribution in [0.15, 0.2) is 42.7 Å². The van der Waals surface area contributed by atoms with Crippen molar-refractivity contribution in [3.8, 4) is 0 Å². The Morgan fingerprint density at radius 2 is 2.00 bits per heavy atom. The van der Waals surface area contributed by atoms with Crippen molar-refractivity contribution < 1.29 is 9.18 Å². The van der Waals surface area contributed by atoms with Gasteiger partial charge in [-0.1, -0.05) is 6.07 Å². The van der Waals surface area contributed by atoms with Gasteiger partial charge in [0, 0.05) is 24.6 Å². The standard InChI is InChI=1S/C14H14FN3O/c1-2-17-13-11(4-3-5-12(13)15)14(19)18-10-6-8-16-9-7-10/h3-9,17H,2H2,1H3,(H,16,18,19). The molecule has 0 aliphatic heterocycles. The second-order valence-electron chi connectivity index (χ2n) is 3.88. The van der Waals surface area contributed by atoms with Gasteiger partial charge in [0.2, 0.25) is 0 Å². The maximum absolute atomic E-state index is 13.7. The van der Waals surface area contributed by atoms with Crippen LogP contribution in [0.3, 0.4) is 0 Å². The van der Waals surface area contributed by atoms with Gasteiger partial charge in [-0.15, -0.1) is 0 Å². The number of nitrogens with zero attached hydrogens (tertiary/aromatic N) is 1. The van der Waals surface area contributed by atoms with Gasteiger partial charge in [-0.05, 0) is 31.2 Å². The van der Waals surface area contributed by atoms with E-state index in [1.165, 1.54) is 12.1 Å². The summed E-state index contributed by atoms with van der Waals surface area (Å²) in [4.78, 5) is 16.0. The first-order valence-corrected chi connectivity index (χ1v) is 5.96. The molecular formula is C14H14FN3O. The molecule has 0 unspecified atom stereocenters. The Labute approximate surface area is 110 Å². The van der Waals surface area contributed by atoms with E-state index in [1.807, 2.05) is 6.92 Å². The maximum Gasteiger partial charge on any atom is 0.257 e. The number of carbonyl (C=O) groups is 1. The Morgan fingerprint density at radius 3 is 2.68 bits per heavy atom. The molecule has 4 nitrogen and oxygen atoms in total. The quantitative estimate of drug-likeness (QED) is 0.887. The number of hydrogen-bond donors (Lipinski definition) is 2. The van der Waals surface area contributed by atoms with Crippen molar-refractivity contribution in [2.24, 2.45) is 0 Å². The number of rotatable bonds is 4. The van der Waals surface area contributed by atoms with Crippen molar-refractivity contribution in [2.45, 2.75) is 6.92 Å². The molecule has 0 fully saturated rings. The summed E-state index contributed by atoms with van der Waals surface area (Å²) in [6.07, 6.45) is 3.15. The largest absolute Gasteiger partial charge is 0.382 e. The van der Waals surface area contributed by atoms with Crippen LogP contribution in [0.25, 0.3) is 0 Å². The molecule has 19 heavy (non-hydrogen) atoms. The van der Waals surface area contributed by atoms with Crippen LogP contribution in [0.4, 0.5) is 15.8 Å². The van der Waals surface area contributed by atoms with Crippen LogP contribution >= 0.6 is 0 Å². The molecule has 98 valence electrons.